The summed E-state index contributed by atoms with van der Waals surface area (Å²) in [4.78, 5) is 28.0. The lowest BCUT2D eigenvalue weighted by atomic mass is 10.1. The number of alkyl halides is 3. The molecule has 3 amide bonds. The first-order valence-electron chi connectivity index (χ1n) is 9.51. The minimum atomic E-state index is -4.55. The number of hydrogen-bond acceptors (Lipinski definition) is 4. The van der Waals surface area contributed by atoms with E-state index < -0.39 is 17.6 Å². The lowest BCUT2D eigenvalue weighted by Gasteiger charge is -2.34. The van der Waals surface area contributed by atoms with E-state index in [-0.39, 0.29) is 24.3 Å². The van der Waals surface area contributed by atoms with Crippen molar-refractivity contribution in [3.05, 3.63) is 54.0 Å². The van der Waals surface area contributed by atoms with Crippen molar-refractivity contribution >= 4 is 17.6 Å². The molecule has 1 unspecified atom stereocenters. The molecule has 0 radical (unpaired) electrons. The van der Waals surface area contributed by atoms with Crippen molar-refractivity contribution in [2.75, 3.05) is 38.0 Å². The molecule has 1 atom stereocenters. The molecule has 3 rings (SSSR count). The monoisotopic (exact) mass is 424 g/mol. The van der Waals surface area contributed by atoms with E-state index in [1.807, 2.05) is 6.92 Å². The first-order chi connectivity index (χ1) is 14.2. The lowest BCUT2D eigenvalue weighted by Crippen LogP contribution is -2.53. The summed E-state index contributed by atoms with van der Waals surface area (Å²) in [6.07, 6.45) is -3.01. The molecule has 1 aliphatic heterocycles. The van der Waals surface area contributed by atoms with Crippen LogP contribution in [0.4, 0.5) is 23.7 Å². The van der Waals surface area contributed by atoms with Crippen molar-refractivity contribution in [2.24, 2.45) is 0 Å². The fraction of sp³-hybridized carbons (Fsp3) is 0.400. The van der Waals surface area contributed by atoms with Gasteiger partial charge in [0, 0.05) is 26.2 Å². The van der Waals surface area contributed by atoms with Crippen LogP contribution in [-0.4, -0.2) is 54.5 Å². The highest BCUT2D eigenvalue weighted by Gasteiger charge is 2.33. The van der Waals surface area contributed by atoms with Crippen LogP contribution in [0.3, 0.4) is 0 Å². The molecule has 2 heterocycles. The number of nitrogens with zero attached hydrogens (tertiary/aromatic N) is 2. The van der Waals surface area contributed by atoms with Crippen LogP contribution >= 0.6 is 0 Å². The van der Waals surface area contributed by atoms with Gasteiger partial charge in [-0.25, -0.2) is 4.79 Å². The summed E-state index contributed by atoms with van der Waals surface area (Å²) in [7, 11) is 0. The molecule has 162 valence electrons. The number of nitrogens with one attached hydrogen (secondary N) is 2. The minimum absolute atomic E-state index is 0.0511. The number of anilines is 1. The van der Waals surface area contributed by atoms with Gasteiger partial charge in [0.15, 0.2) is 0 Å². The van der Waals surface area contributed by atoms with Crippen molar-refractivity contribution in [3.63, 3.8) is 0 Å². The van der Waals surface area contributed by atoms with Crippen LogP contribution < -0.4 is 10.6 Å². The summed E-state index contributed by atoms with van der Waals surface area (Å²) >= 11 is 0. The number of rotatable bonds is 5. The van der Waals surface area contributed by atoms with Gasteiger partial charge in [0.05, 0.1) is 30.1 Å². The quantitative estimate of drug-likeness (QED) is 0.772. The number of benzene rings is 1. The van der Waals surface area contributed by atoms with Gasteiger partial charge in [0.25, 0.3) is 0 Å². The van der Waals surface area contributed by atoms with Gasteiger partial charge in [0.1, 0.15) is 5.76 Å². The fourth-order valence-electron chi connectivity index (χ4n) is 3.23. The van der Waals surface area contributed by atoms with Crippen molar-refractivity contribution in [3.8, 4) is 0 Å². The molecule has 2 aromatic rings. The Morgan fingerprint density at radius 3 is 2.43 bits per heavy atom. The average molecular weight is 424 g/mol. The standard InChI is InChI=1S/C20H23F3N4O3/c1-14(17-7-4-12-30-17)24-19(29)27-10-8-26(9-11-27)13-18(28)25-16-6-3-2-5-15(16)20(21,22)23/h2-7,12,14H,8-11,13H2,1H3,(H,24,29)(H,25,28). The first kappa shape index (κ1) is 21.7. The third-order valence-electron chi connectivity index (χ3n) is 4.84. The Morgan fingerprint density at radius 2 is 1.80 bits per heavy atom. The number of amides is 3. The Morgan fingerprint density at radius 1 is 1.10 bits per heavy atom. The number of hydrogen-bond donors (Lipinski definition) is 2. The third kappa shape index (κ3) is 5.53. The SMILES string of the molecule is CC(NC(=O)N1CCN(CC(=O)Nc2ccccc2C(F)(F)F)CC1)c1ccco1. The highest BCUT2D eigenvalue weighted by molar-refractivity contribution is 5.93. The predicted octanol–water partition coefficient (Wildman–Crippen LogP) is 3.33. The van der Waals surface area contributed by atoms with Crippen molar-refractivity contribution in [1.29, 1.82) is 0 Å². The topological polar surface area (TPSA) is 77.8 Å². The smallest absolute Gasteiger partial charge is 0.418 e. The van der Waals surface area contributed by atoms with E-state index in [9.17, 15) is 22.8 Å². The molecular formula is C20H23F3N4O3. The summed E-state index contributed by atoms with van der Waals surface area (Å²) in [5.41, 5.74) is -1.15. The van der Waals surface area contributed by atoms with Gasteiger partial charge >= 0.3 is 12.2 Å². The van der Waals surface area contributed by atoms with Crippen LogP contribution in [0.25, 0.3) is 0 Å². The molecule has 0 saturated carbocycles. The molecule has 30 heavy (non-hydrogen) atoms. The normalized spacial score (nSPS) is 16.2. The second-order valence-electron chi connectivity index (χ2n) is 7.04. The number of urea groups is 1. The molecule has 0 aliphatic carbocycles. The van der Waals surface area contributed by atoms with Gasteiger partial charge in [-0.2, -0.15) is 13.2 Å². The van der Waals surface area contributed by atoms with Crippen LogP contribution in [-0.2, 0) is 11.0 Å². The Balaban J connectivity index is 1.47. The zero-order chi connectivity index (χ0) is 21.7. The van der Waals surface area contributed by atoms with Crippen molar-refractivity contribution in [2.45, 2.75) is 19.1 Å². The lowest BCUT2D eigenvalue weighted by molar-refractivity contribution is -0.137. The van der Waals surface area contributed by atoms with Gasteiger partial charge in [-0.3, -0.25) is 9.69 Å². The maximum absolute atomic E-state index is 13.0. The largest absolute Gasteiger partial charge is 0.467 e. The highest BCUT2D eigenvalue weighted by Crippen LogP contribution is 2.34. The zero-order valence-corrected chi connectivity index (χ0v) is 16.4. The van der Waals surface area contributed by atoms with E-state index in [4.69, 9.17) is 4.42 Å². The fourth-order valence-corrected chi connectivity index (χ4v) is 3.23. The van der Waals surface area contributed by atoms with Crippen molar-refractivity contribution < 1.29 is 27.2 Å². The Labute approximate surface area is 171 Å². The first-order valence-corrected chi connectivity index (χ1v) is 9.51. The van der Waals surface area contributed by atoms with Gasteiger partial charge < -0.3 is 20.0 Å². The van der Waals surface area contributed by atoms with Gasteiger partial charge in [0.2, 0.25) is 5.91 Å². The highest BCUT2D eigenvalue weighted by atomic mass is 19.4. The number of para-hydroxylation sites is 1. The van der Waals surface area contributed by atoms with Crippen LogP contribution in [0.5, 0.6) is 0 Å². The summed E-state index contributed by atoms with van der Waals surface area (Å²) < 4.78 is 44.4. The van der Waals surface area contributed by atoms with E-state index in [2.05, 4.69) is 10.6 Å². The van der Waals surface area contributed by atoms with Crippen LogP contribution in [0.2, 0.25) is 0 Å². The number of furan rings is 1. The Bertz CT molecular complexity index is 862. The average Bonchev–Trinajstić information content (AvgIpc) is 3.23. The summed E-state index contributed by atoms with van der Waals surface area (Å²) in [6, 6.07) is 7.88. The minimum Gasteiger partial charge on any atom is -0.467 e. The molecule has 1 fully saturated rings. The van der Waals surface area contributed by atoms with Crippen LogP contribution in [0.1, 0.15) is 24.3 Å². The molecule has 0 bridgehead atoms. The van der Waals surface area contributed by atoms with Gasteiger partial charge in [-0.1, -0.05) is 12.1 Å². The maximum Gasteiger partial charge on any atom is 0.418 e. The van der Waals surface area contributed by atoms with Crippen LogP contribution in [0, 0.1) is 0 Å². The van der Waals surface area contributed by atoms with E-state index in [0.717, 1.165) is 6.07 Å². The molecular weight excluding hydrogens is 401 g/mol. The Hall–Kier alpha value is -3.01. The van der Waals surface area contributed by atoms with Crippen molar-refractivity contribution in [1.82, 2.24) is 15.1 Å². The number of carbonyl (C=O) groups excluding carboxylic acids is 2. The van der Waals surface area contributed by atoms with Crippen LogP contribution in [0.15, 0.2) is 47.1 Å². The summed E-state index contributed by atoms with van der Waals surface area (Å²) in [6.45, 7) is 3.46. The number of halogens is 3. The second kappa shape index (κ2) is 9.21. The molecule has 1 aromatic heterocycles. The second-order valence-corrected chi connectivity index (χ2v) is 7.04. The molecule has 2 N–H and O–H groups in total. The molecule has 10 heteroatoms. The van der Waals surface area contributed by atoms with Gasteiger partial charge in [-0.15, -0.1) is 0 Å². The van der Waals surface area contributed by atoms with E-state index >= 15 is 0 Å². The van der Waals surface area contributed by atoms with Gasteiger partial charge in [-0.05, 0) is 31.2 Å². The number of piperazine rings is 1. The molecule has 1 saturated heterocycles. The predicted molar refractivity (Wildman–Crippen MR) is 104 cm³/mol. The third-order valence-corrected chi connectivity index (χ3v) is 4.84. The summed E-state index contributed by atoms with van der Waals surface area (Å²) in [5.74, 6) is 0.119. The molecule has 0 spiro atoms. The maximum atomic E-state index is 13.0. The molecule has 7 nitrogen and oxygen atoms in total. The Kier molecular flexibility index (Phi) is 6.66. The number of carbonyl (C=O) groups is 2. The molecule has 1 aliphatic rings. The van der Waals surface area contributed by atoms with E-state index in [1.54, 1.807) is 21.9 Å². The van der Waals surface area contributed by atoms with E-state index in [1.165, 1.54) is 24.5 Å². The zero-order valence-electron chi connectivity index (χ0n) is 16.4. The molecule has 1 aromatic carbocycles. The summed E-state index contributed by atoms with van der Waals surface area (Å²) in [5, 5.41) is 5.19. The van der Waals surface area contributed by atoms with E-state index in [0.29, 0.717) is 31.9 Å².